The topological polar surface area (TPSA) is 80.4 Å². The number of rotatable bonds is 2. The molecule has 0 spiro atoms. The molecule has 1 aliphatic carbocycles. The number of carboxylic acid groups (broad SMARTS) is 1. The molecule has 0 aromatic heterocycles. The van der Waals surface area contributed by atoms with Crippen LogP contribution in [0.25, 0.3) is 0 Å². The SMILES string of the molecule is O=C(O)C1=CC(=S)CC=C1[N+](=O)[O-]. The van der Waals surface area contributed by atoms with Crippen molar-refractivity contribution in [2.45, 2.75) is 6.42 Å². The lowest BCUT2D eigenvalue weighted by Gasteiger charge is -2.05. The number of hydrogen-bond acceptors (Lipinski definition) is 4. The van der Waals surface area contributed by atoms with Crippen LogP contribution in [0.4, 0.5) is 0 Å². The molecule has 13 heavy (non-hydrogen) atoms. The van der Waals surface area contributed by atoms with E-state index in [1.165, 1.54) is 6.08 Å². The molecule has 0 amide bonds. The quantitative estimate of drug-likeness (QED) is 0.406. The molecule has 0 aliphatic heterocycles. The summed E-state index contributed by atoms with van der Waals surface area (Å²) in [6.45, 7) is 0. The molecular formula is C7H5NO4S. The van der Waals surface area contributed by atoms with Gasteiger partial charge in [0.2, 0.25) is 0 Å². The highest BCUT2D eigenvalue weighted by molar-refractivity contribution is 7.80. The Hall–Kier alpha value is -1.56. The van der Waals surface area contributed by atoms with Crippen LogP contribution < -0.4 is 0 Å². The molecular weight excluding hydrogens is 194 g/mol. The molecule has 0 heterocycles. The van der Waals surface area contributed by atoms with Gasteiger partial charge in [-0.3, -0.25) is 10.1 Å². The Kier molecular flexibility index (Phi) is 2.52. The summed E-state index contributed by atoms with van der Waals surface area (Å²) in [5.74, 6) is -1.33. The number of aliphatic carboxylic acids is 1. The fourth-order valence-corrected chi connectivity index (χ4v) is 1.15. The third-order valence-electron chi connectivity index (χ3n) is 1.50. The molecule has 0 saturated heterocycles. The zero-order chi connectivity index (χ0) is 10.0. The van der Waals surface area contributed by atoms with E-state index in [1.54, 1.807) is 0 Å². The van der Waals surface area contributed by atoms with Crippen molar-refractivity contribution in [1.29, 1.82) is 0 Å². The first-order chi connectivity index (χ1) is 6.02. The molecule has 0 atom stereocenters. The fourth-order valence-electron chi connectivity index (χ4n) is 0.945. The van der Waals surface area contributed by atoms with E-state index in [9.17, 15) is 14.9 Å². The van der Waals surface area contributed by atoms with Gasteiger partial charge in [-0.2, -0.15) is 0 Å². The highest BCUT2D eigenvalue weighted by atomic mass is 32.1. The first kappa shape index (κ1) is 9.53. The number of nitrogens with zero attached hydrogens (tertiary/aromatic N) is 1. The number of allylic oxidation sites excluding steroid dienone is 2. The molecule has 0 bridgehead atoms. The van der Waals surface area contributed by atoms with E-state index >= 15 is 0 Å². The molecule has 1 rings (SSSR count). The first-order valence-corrected chi connectivity index (χ1v) is 3.76. The van der Waals surface area contributed by atoms with E-state index in [2.05, 4.69) is 0 Å². The molecule has 0 aromatic rings. The predicted molar refractivity (Wildman–Crippen MR) is 48.0 cm³/mol. The Morgan fingerprint density at radius 1 is 1.69 bits per heavy atom. The third kappa shape index (κ3) is 1.97. The van der Waals surface area contributed by atoms with Crippen molar-refractivity contribution in [3.8, 4) is 0 Å². The van der Waals surface area contributed by atoms with Gasteiger partial charge in [-0.1, -0.05) is 12.2 Å². The minimum Gasteiger partial charge on any atom is -0.477 e. The van der Waals surface area contributed by atoms with Crippen molar-refractivity contribution in [2.75, 3.05) is 0 Å². The monoisotopic (exact) mass is 199 g/mol. The maximum atomic E-state index is 10.5. The van der Waals surface area contributed by atoms with E-state index in [1.807, 2.05) is 0 Å². The second kappa shape index (κ2) is 3.44. The van der Waals surface area contributed by atoms with Crippen LogP contribution in [0.3, 0.4) is 0 Å². The lowest BCUT2D eigenvalue weighted by molar-refractivity contribution is -0.420. The van der Waals surface area contributed by atoms with E-state index in [0.29, 0.717) is 4.86 Å². The van der Waals surface area contributed by atoms with Crippen molar-refractivity contribution in [1.82, 2.24) is 0 Å². The Labute approximate surface area is 78.5 Å². The van der Waals surface area contributed by atoms with E-state index < -0.39 is 10.9 Å². The van der Waals surface area contributed by atoms with Crippen LogP contribution in [0.2, 0.25) is 0 Å². The van der Waals surface area contributed by atoms with Crippen LogP contribution in [0.5, 0.6) is 0 Å². The zero-order valence-electron chi connectivity index (χ0n) is 6.39. The van der Waals surface area contributed by atoms with Crippen molar-refractivity contribution >= 4 is 23.1 Å². The standard InChI is InChI=1S/C7H5NO4S/c9-7(10)5-3-4(13)1-2-6(5)8(11)12/h2-3H,1H2,(H,9,10). The predicted octanol–water partition coefficient (Wildman–Crippen LogP) is 0.932. The van der Waals surface area contributed by atoms with Gasteiger partial charge >= 0.3 is 5.97 Å². The van der Waals surface area contributed by atoms with Gasteiger partial charge in [0.25, 0.3) is 5.70 Å². The fraction of sp³-hybridized carbons (Fsp3) is 0.143. The molecule has 0 saturated carbocycles. The van der Waals surface area contributed by atoms with E-state index in [-0.39, 0.29) is 17.7 Å². The maximum Gasteiger partial charge on any atom is 0.342 e. The molecule has 68 valence electrons. The van der Waals surface area contributed by atoms with Gasteiger partial charge < -0.3 is 5.11 Å². The van der Waals surface area contributed by atoms with Gasteiger partial charge in [-0.05, 0) is 12.2 Å². The summed E-state index contributed by atoms with van der Waals surface area (Å²) >= 11 is 4.73. The Bertz CT molecular complexity index is 356. The van der Waals surface area contributed by atoms with Crippen LogP contribution in [-0.2, 0) is 4.79 Å². The number of carboxylic acids is 1. The Balaban J connectivity index is 3.11. The first-order valence-electron chi connectivity index (χ1n) is 3.35. The lowest BCUT2D eigenvalue weighted by Crippen LogP contribution is -2.15. The van der Waals surface area contributed by atoms with Gasteiger partial charge in [0.05, 0.1) is 4.92 Å². The van der Waals surface area contributed by atoms with Crippen LogP contribution in [0.15, 0.2) is 23.4 Å². The van der Waals surface area contributed by atoms with Crippen LogP contribution in [-0.4, -0.2) is 20.9 Å². The molecule has 0 radical (unpaired) electrons. The average Bonchev–Trinajstić information content (AvgIpc) is 2.03. The van der Waals surface area contributed by atoms with Crippen molar-refractivity contribution < 1.29 is 14.8 Å². The Morgan fingerprint density at radius 3 is 2.77 bits per heavy atom. The molecule has 6 heteroatoms. The van der Waals surface area contributed by atoms with Gasteiger partial charge in [0, 0.05) is 11.3 Å². The lowest BCUT2D eigenvalue weighted by atomic mass is 10.0. The van der Waals surface area contributed by atoms with Crippen molar-refractivity contribution in [3.63, 3.8) is 0 Å². The Morgan fingerprint density at radius 2 is 2.31 bits per heavy atom. The zero-order valence-corrected chi connectivity index (χ0v) is 7.21. The van der Waals surface area contributed by atoms with E-state index in [4.69, 9.17) is 17.3 Å². The number of carbonyl (C=O) groups is 1. The molecule has 1 N–H and O–H groups in total. The summed E-state index contributed by atoms with van der Waals surface area (Å²) in [5.41, 5.74) is -0.734. The smallest absolute Gasteiger partial charge is 0.342 e. The third-order valence-corrected chi connectivity index (χ3v) is 1.79. The van der Waals surface area contributed by atoms with Crippen molar-refractivity contribution in [3.05, 3.63) is 33.5 Å². The number of nitro groups is 1. The summed E-state index contributed by atoms with van der Waals surface area (Å²) in [7, 11) is 0. The van der Waals surface area contributed by atoms with Gasteiger partial charge in [-0.25, -0.2) is 4.79 Å². The molecule has 0 aromatic carbocycles. The van der Waals surface area contributed by atoms with Gasteiger partial charge in [0.1, 0.15) is 5.57 Å². The minimum absolute atomic E-state index is 0.252. The van der Waals surface area contributed by atoms with Crippen molar-refractivity contribution in [2.24, 2.45) is 0 Å². The minimum atomic E-state index is -1.33. The number of thiocarbonyl (C=S) groups is 1. The van der Waals surface area contributed by atoms with Gasteiger partial charge in [0.15, 0.2) is 0 Å². The highest BCUT2D eigenvalue weighted by Crippen LogP contribution is 2.18. The molecule has 1 aliphatic rings. The summed E-state index contributed by atoms with van der Waals surface area (Å²) in [5, 5.41) is 19.0. The maximum absolute atomic E-state index is 10.5. The second-order valence-corrected chi connectivity index (χ2v) is 2.90. The van der Waals surface area contributed by atoms with E-state index in [0.717, 1.165) is 6.08 Å². The largest absolute Gasteiger partial charge is 0.477 e. The van der Waals surface area contributed by atoms with Crippen LogP contribution in [0.1, 0.15) is 6.42 Å². The van der Waals surface area contributed by atoms with Gasteiger partial charge in [-0.15, -0.1) is 0 Å². The molecule has 0 fully saturated rings. The highest BCUT2D eigenvalue weighted by Gasteiger charge is 2.26. The molecule has 0 unspecified atom stereocenters. The van der Waals surface area contributed by atoms with Crippen LogP contribution >= 0.6 is 12.2 Å². The summed E-state index contributed by atoms with van der Waals surface area (Å²) in [6, 6.07) is 0. The summed E-state index contributed by atoms with van der Waals surface area (Å²) < 4.78 is 0. The average molecular weight is 199 g/mol. The summed E-state index contributed by atoms with van der Waals surface area (Å²) in [4.78, 5) is 20.6. The second-order valence-electron chi connectivity index (χ2n) is 2.38. The van der Waals surface area contributed by atoms with Crippen LogP contribution in [0, 0.1) is 10.1 Å². The summed E-state index contributed by atoms with van der Waals surface area (Å²) in [6.07, 6.45) is 2.62. The molecule has 5 nitrogen and oxygen atoms in total. The normalized spacial score (nSPS) is 16.2. The number of hydrogen-bond donors (Lipinski definition) is 1.